The first kappa shape index (κ1) is 18.7. The quantitative estimate of drug-likeness (QED) is 0.575. The second-order valence-corrected chi connectivity index (χ2v) is 5.09. The molecular formula is C14H28F3NO. The Morgan fingerprint density at radius 1 is 1.16 bits per heavy atom. The highest BCUT2D eigenvalue weighted by atomic mass is 19.4. The normalized spacial score (nSPS) is 15.5. The summed E-state index contributed by atoms with van der Waals surface area (Å²) in [6.45, 7) is 3.37. The van der Waals surface area contributed by atoms with E-state index in [-0.39, 0.29) is 12.6 Å². The summed E-state index contributed by atoms with van der Waals surface area (Å²) in [4.78, 5) is 0. The van der Waals surface area contributed by atoms with Crippen molar-refractivity contribution >= 4 is 0 Å². The minimum Gasteiger partial charge on any atom is -0.372 e. The van der Waals surface area contributed by atoms with Crippen molar-refractivity contribution in [1.82, 2.24) is 5.32 Å². The number of nitrogens with one attached hydrogen (secondary N) is 1. The van der Waals surface area contributed by atoms with Gasteiger partial charge in [0.05, 0.1) is 0 Å². The first-order chi connectivity index (χ1) is 8.92. The molecule has 2 unspecified atom stereocenters. The molecule has 0 aliphatic rings. The molecular weight excluding hydrogens is 255 g/mol. The largest absolute Gasteiger partial charge is 0.411 e. The fourth-order valence-electron chi connectivity index (χ4n) is 2.18. The zero-order chi connectivity index (χ0) is 14.7. The molecule has 0 saturated heterocycles. The van der Waals surface area contributed by atoms with Crippen LogP contribution < -0.4 is 5.32 Å². The number of hydrogen-bond acceptors (Lipinski definition) is 2. The van der Waals surface area contributed by atoms with E-state index in [1.165, 1.54) is 19.3 Å². The van der Waals surface area contributed by atoms with Gasteiger partial charge in [0.1, 0.15) is 6.61 Å². The summed E-state index contributed by atoms with van der Waals surface area (Å²) >= 11 is 0. The first-order valence-electron chi connectivity index (χ1n) is 7.24. The van der Waals surface area contributed by atoms with E-state index in [4.69, 9.17) is 0 Å². The van der Waals surface area contributed by atoms with E-state index in [0.717, 1.165) is 12.8 Å². The van der Waals surface area contributed by atoms with Crippen LogP contribution in [-0.2, 0) is 4.74 Å². The predicted octanol–water partition coefficient (Wildman–Crippen LogP) is 4.15. The van der Waals surface area contributed by atoms with Crippen LogP contribution in [0.15, 0.2) is 0 Å². The molecule has 0 fully saturated rings. The molecule has 1 N–H and O–H groups in total. The van der Waals surface area contributed by atoms with Crippen molar-refractivity contribution in [1.29, 1.82) is 0 Å². The average molecular weight is 283 g/mol. The Bertz CT molecular complexity index is 209. The first-order valence-corrected chi connectivity index (χ1v) is 7.24. The topological polar surface area (TPSA) is 21.3 Å². The van der Waals surface area contributed by atoms with Crippen LogP contribution in [0.5, 0.6) is 0 Å². The van der Waals surface area contributed by atoms with Gasteiger partial charge in [0, 0.05) is 12.6 Å². The maximum atomic E-state index is 11.9. The molecule has 19 heavy (non-hydrogen) atoms. The Balaban J connectivity index is 3.86. The Morgan fingerprint density at radius 3 is 2.32 bits per heavy atom. The molecule has 0 aromatic carbocycles. The van der Waals surface area contributed by atoms with E-state index in [1.54, 1.807) is 0 Å². The number of halogens is 3. The van der Waals surface area contributed by atoms with Crippen molar-refractivity contribution in [3.8, 4) is 0 Å². The van der Waals surface area contributed by atoms with E-state index in [0.29, 0.717) is 12.3 Å². The van der Waals surface area contributed by atoms with Crippen molar-refractivity contribution in [2.75, 3.05) is 20.3 Å². The van der Waals surface area contributed by atoms with Crippen LogP contribution in [-0.4, -0.2) is 32.5 Å². The highest BCUT2D eigenvalue weighted by Gasteiger charge is 2.27. The molecule has 0 aliphatic heterocycles. The summed E-state index contributed by atoms with van der Waals surface area (Å²) in [5.74, 6) is 0.653. The third-order valence-corrected chi connectivity index (χ3v) is 3.45. The second-order valence-electron chi connectivity index (χ2n) is 5.09. The molecule has 2 atom stereocenters. The molecule has 0 aliphatic carbocycles. The van der Waals surface area contributed by atoms with Gasteiger partial charge in [0.2, 0.25) is 0 Å². The van der Waals surface area contributed by atoms with Gasteiger partial charge in [-0.25, -0.2) is 0 Å². The summed E-state index contributed by atoms with van der Waals surface area (Å²) < 4.78 is 40.4. The lowest BCUT2D eigenvalue weighted by Crippen LogP contribution is -2.30. The van der Waals surface area contributed by atoms with Crippen molar-refractivity contribution < 1.29 is 17.9 Å². The van der Waals surface area contributed by atoms with Crippen molar-refractivity contribution in [3.05, 3.63) is 0 Å². The fourth-order valence-corrected chi connectivity index (χ4v) is 2.18. The van der Waals surface area contributed by atoms with E-state index in [1.807, 2.05) is 7.05 Å². The predicted molar refractivity (Wildman–Crippen MR) is 72.3 cm³/mol. The van der Waals surface area contributed by atoms with Gasteiger partial charge in [-0.15, -0.1) is 0 Å². The van der Waals surface area contributed by atoms with Gasteiger partial charge in [0.25, 0.3) is 0 Å². The molecule has 0 rings (SSSR count). The van der Waals surface area contributed by atoms with Crippen LogP contribution >= 0.6 is 0 Å². The number of unbranched alkanes of at least 4 members (excludes halogenated alkanes) is 1. The minimum absolute atomic E-state index is 0.162. The van der Waals surface area contributed by atoms with Crippen LogP contribution in [0.1, 0.15) is 52.4 Å². The third kappa shape index (κ3) is 11.3. The zero-order valence-corrected chi connectivity index (χ0v) is 12.4. The van der Waals surface area contributed by atoms with Crippen molar-refractivity contribution in [2.45, 2.75) is 64.6 Å². The molecule has 116 valence electrons. The van der Waals surface area contributed by atoms with Gasteiger partial charge < -0.3 is 10.1 Å². The standard InChI is InChI=1S/C14H28F3NO/c1-4-6-7-12(5-2)10-13(18-3)8-9-19-11-14(15,16)17/h12-13,18H,4-11H2,1-3H3. The highest BCUT2D eigenvalue weighted by molar-refractivity contribution is 4.70. The lowest BCUT2D eigenvalue weighted by molar-refractivity contribution is -0.174. The smallest absolute Gasteiger partial charge is 0.372 e. The van der Waals surface area contributed by atoms with Crippen molar-refractivity contribution in [3.63, 3.8) is 0 Å². The van der Waals surface area contributed by atoms with Gasteiger partial charge in [0.15, 0.2) is 0 Å². The Morgan fingerprint density at radius 2 is 1.84 bits per heavy atom. The summed E-state index contributed by atoms with van der Waals surface area (Å²) in [5.41, 5.74) is 0. The van der Waals surface area contributed by atoms with Gasteiger partial charge in [-0.05, 0) is 25.8 Å². The Kier molecular flexibility index (Phi) is 10.3. The molecule has 0 amide bonds. The minimum atomic E-state index is -4.22. The number of rotatable bonds is 11. The maximum absolute atomic E-state index is 11.9. The molecule has 0 radical (unpaired) electrons. The van der Waals surface area contributed by atoms with Crippen LogP contribution in [0, 0.1) is 5.92 Å². The molecule has 5 heteroatoms. The average Bonchev–Trinajstić information content (AvgIpc) is 2.35. The summed E-state index contributed by atoms with van der Waals surface area (Å²) in [6.07, 6.45) is 2.17. The maximum Gasteiger partial charge on any atom is 0.411 e. The van der Waals surface area contributed by atoms with Gasteiger partial charge in [-0.3, -0.25) is 0 Å². The van der Waals surface area contributed by atoms with Crippen LogP contribution in [0.4, 0.5) is 13.2 Å². The van der Waals surface area contributed by atoms with E-state index in [2.05, 4.69) is 23.9 Å². The number of alkyl halides is 3. The second kappa shape index (κ2) is 10.5. The monoisotopic (exact) mass is 283 g/mol. The van der Waals surface area contributed by atoms with Crippen molar-refractivity contribution in [2.24, 2.45) is 5.92 Å². The molecule has 0 aromatic heterocycles. The number of ether oxygens (including phenoxy) is 1. The third-order valence-electron chi connectivity index (χ3n) is 3.45. The molecule has 2 nitrogen and oxygen atoms in total. The van der Waals surface area contributed by atoms with Crippen LogP contribution in [0.2, 0.25) is 0 Å². The SMILES string of the molecule is CCCCC(CC)CC(CCOCC(F)(F)F)NC. The Labute approximate surface area is 115 Å². The van der Waals surface area contributed by atoms with E-state index in [9.17, 15) is 13.2 Å². The molecule has 0 saturated carbocycles. The molecule has 0 bridgehead atoms. The summed E-state index contributed by atoms with van der Waals surface area (Å²) in [5, 5.41) is 3.18. The van der Waals surface area contributed by atoms with Gasteiger partial charge in [-0.2, -0.15) is 13.2 Å². The molecule has 0 heterocycles. The lowest BCUT2D eigenvalue weighted by Gasteiger charge is -2.22. The summed E-state index contributed by atoms with van der Waals surface area (Å²) in [7, 11) is 1.86. The summed E-state index contributed by atoms with van der Waals surface area (Å²) in [6, 6.07) is 0.245. The molecule has 0 spiro atoms. The fraction of sp³-hybridized carbons (Fsp3) is 1.00. The zero-order valence-electron chi connectivity index (χ0n) is 12.4. The van der Waals surface area contributed by atoms with E-state index >= 15 is 0 Å². The van der Waals surface area contributed by atoms with Crippen LogP contribution in [0.3, 0.4) is 0 Å². The highest BCUT2D eigenvalue weighted by Crippen LogP contribution is 2.20. The van der Waals surface area contributed by atoms with Gasteiger partial charge in [-0.1, -0.05) is 39.5 Å². The van der Waals surface area contributed by atoms with Crippen LogP contribution in [0.25, 0.3) is 0 Å². The van der Waals surface area contributed by atoms with E-state index < -0.39 is 12.8 Å². The van der Waals surface area contributed by atoms with Gasteiger partial charge >= 0.3 is 6.18 Å². The number of hydrogen-bond donors (Lipinski definition) is 1. The molecule has 0 aromatic rings. The Hall–Kier alpha value is -0.290. The lowest BCUT2D eigenvalue weighted by atomic mass is 9.91.